The summed E-state index contributed by atoms with van der Waals surface area (Å²) in [7, 11) is 1.80. The van der Waals surface area contributed by atoms with Gasteiger partial charge >= 0.3 is 0 Å². The minimum absolute atomic E-state index is 0.0267. The van der Waals surface area contributed by atoms with Gasteiger partial charge in [-0.1, -0.05) is 13.8 Å². The smallest absolute Gasteiger partial charge is 0.0822 e. The van der Waals surface area contributed by atoms with Gasteiger partial charge in [0, 0.05) is 0 Å². The number of fused-ring (bicyclic) bond motifs is 5. The van der Waals surface area contributed by atoms with Gasteiger partial charge in [-0.25, -0.2) is 0 Å². The summed E-state index contributed by atoms with van der Waals surface area (Å²) in [5, 5.41) is 10.1. The molecule has 2 nitrogen and oxygen atoms in total. The third-order valence-electron chi connectivity index (χ3n) is 8.75. The van der Waals surface area contributed by atoms with Crippen molar-refractivity contribution >= 4 is 0 Å². The SMILES string of the molecule is COC=C1CC[C@H]2[C@@H]3CCC4CC(O)CC[C@]4(C)[C@@H]3CC[C@]12C. The number of ether oxygens (including phenoxy) is 1. The van der Waals surface area contributed by atoms with Crippen LogP contribution in [0.4, 0.5) is 0 Å². The fraction of sp³-hybridized carbons (Fsp3) is 0.905. The molecule has 2 heteroatoms. The molecule has 0 bridgehead atoms. The maximum Gasteiger partial charge on any atom is 0.0822 e. The molecular formula is C21H34O2. The summed E-state index contributed by atoms with van der Waals surface area (Å²) in [6.07, 6.45) is 13.5. The Labute approximate surface area is 141 Å². The lowest BCUT2D eigenvalue weighted by Crippen LogP contribution is -2.53. The lowest BCUT2D eigenvalue weighted by atomic mass is 9.45. The minimum atomic E-state index is -0.0267. The summed E-state index contributed by atoms with van der Waals surface area (Å²) in [4.78, 5) is 0. The zero-order valence-corrected chi connectivity index (χ0v) is 15.2. The largest absolute Gasteiger partial charge is 0.504 e. The van der Waals surface area contributed by atoms with E-state index in [4.69, 9.17) is 4.74 Å². The van der Waals surface area contributed by atoms with Crippen LogP contribution in [0.15, 0.2) is 11.8 Å². The van der Waals surface area contributed by atoms with Crippen LogP contribution in [0.1, 0.15) is 71.6 Å². The zero-order chi connectivity index (χ0) is 16.2. The Morgan fingerprint density at radius 1 is 1.04 bits per heavy atom. The van der Waals surface area contributed by atoms with E-state index in [-0.39, 0.29) is 6.10 Å². The number of hydrogen-bond donors (Lipinski definition) is 1. The zero-order valence-electron chi connectivity index (χ0n) is 15.2. The van der Waals surface area contributed by atoms with Crippen molar-refractivity contribution in [2.75, 3.05) is 7.11 Å². The Morgan fingerprint density at radius 3 is 2.65 bits per heavy atom. The number of hydrogen-bond acceptors (Lipinski definition) is 2. The van der Waals surface area contributed by atoms with Gasteiger partial charge in [0.15, 0.2) is 0 Å². The van der Waals surface area contributed by atoms with E-state index in [1.165, 1.54) is 44.9 Å². The van der Waals surface area contributed by atoms with Gasteiger partial charge in [0.2, 0.25) is 0 Å². The molecule has 4 rings (SSSR count). The monoisotopic (exact) mass is 318 g/mol. The third kappa shape index (κ3) is 2.23. The molecule has 0 radical (unpaired) electrons. The molecule has 4 fully saturated rings. The summed E-state index contributed by atoms with van der Waals surface area (Å²) in [6, 6.07) is 0. The highest BCUT2D eigenvalue weighted by Crippen LogP contribution is 2.67. The van der Waals surface area contributed by atoms with Crippen LogP contribution in [-0.4, -0.2) is 18.3 Å². The summed E-state index contributed by atoms with van der Waals surface area (Å²) in [6.45, 7) is 5.09. The lowest BCUT2D eigenvalue weighted by molar-refractivity contribution is -0.116. The van der Waals surface area contributed by atoms with Crippen LogP contribution in [0, 0.1) is 34.5 Å². The van der Waals surface area contributed by atoms with E-state index in [0.717, 1.165) is 36.5 Å². The third-order valence-corrected chi connectivity index (χ3v) is 8.75. The van der Waals surface area contributed by atoms with Crippen LogP contribution < -0.4 is 0 Å². The normalized spacial score (nSPS) is 54.3. The van der Waals surface area contributed by atoms with Crippen LogP contribution in [0.2, 0.25) is 0 Å². The van der Waals surface area contributed by atoms with Crippen LogP contribution in [-0.2, 0) is 4.74 Å². The van der Waals surface area contributed by atoms with Gasteiger partial charge in [-0.15, -0.1) is 0 Å². The molecule has 0 aromatic rings. The molecule has 1 N–H and O–H groups in total. The van der Waals surface area contributed by atoms with Gasteiger partial charge in [0.25, 0.3) is 0 Å². The quantitative estimate of drug-likeness (QED) is 0.695. The molecule has 0 aromatic carbocycles. The second-order valence-corrected chi connectivity index (χ2v) is 9.46. The molecule has 130 valence electrons. The van der Waals surface area contributed by atoms with Crippen LogP contribution >= 0.6 is 0 Å². The molecule has 0 saturated heterocycles. The van der Waals surface area contributed by atoms with Crippen LogP contribution in [0.25, 0.3) is 0 Å². The maximum atomic E-state index is 10.1. The Kier molecular flexibility index (Phi) is 3.83. The van der Waals surface area contributed by atoms with E-state index >= 15 is 0 Å². The van der Waals surface area contributed by atoms with E-state index < -0.39 is 0 Å². The highest BCUT2D eigenvalue weighted by atomic mass is 16.5. The molecular weight excluding hydrogens is 284 g/mol. The predicted octanol–water partition coefficient (Wildman–Crippen LogP) is 4.92. The van der Waals surface area contributed by atoms with E-state index in [1.54, 1.807) is 12.7 Å². The lowest BCUT2D eigenvalue weighted by Gasteiger charge is -2.60. The molecule has 0 spiro atoms. The number of allylic oxidation sites excluding steroid dienone is 1. The Hall–Kier alpha value is -0.500. The maximum absolute atomic E-state index is 10.1. The van der Waals surface area contributed by atoms with Crippen molar-refractivity contribution in [3.63, 3.8) is 0 Å². The van der Waals surface area contributed by atoms with Crippen molar-refractivity contribution in [3.05, 3.63) is 11.8 Å². The van der Waals surface area contributed by atoms with E-state index in [1.807, 2.05) is 0 Å². The van der Waals surface area contributed by atoms with Gasteiger partial charge in [0.05, 0.1) is 19.5 Å². The molecule has 0 aliphatic heterocycles. The minimum Gasteiger partial charge on any atom is -0.504 e. The molecule has 2 unspecified atom stereocenters. The fourth-order valence-corrected chi connectivity index (χ4v) is 7.42. The molecule has 4 aliphatic rings. The number of rotatable bonds is 1. The van der Waals surface area contributed by atoms with Gasteiger partial charge in [0.1, 0.15) is 0 Å². The first-order chi connectivity index (χ1) is 11.0. The average molecular weight is 319 g/mol. The van der Waals surface area contributed by atoms with Crippen LogP contribution in [0.5, 0.6) is 0 Å². The molecule has 0 heterocycles. The van der Waals surface area contributed by atoms with Crippen molar-refractivity contribution in [2.45, 2.75) is 77.7 Å². The first kappa shape index (κ1) is 16.0. The van der Waals surface area contributed by atoms with E-state index in [9.17, 15) is 5.11 Å². The van der Waals surface area contributed by atoms with E-state index in [2.05, 4.69) is 20.1 Å². The first-order valence-corrected chi connectivity index (χ1v) is 9.89. The van der Waals surface area contributed by atoms with E-state index in [0.29, 0.717) is 10.8 Å². The average Bonchev–Trinajstić information content (AvgIpc) is 2.85. The van der Waals surface area contributed by atoms with Gasteiger partial charge < -0.3 is 9.84 Å². The molecule has 23 heavy (non-hydrogen) atoms. The Bertz CT molecular complexity index is 498. The van der Waals surface area contributed by atoms with Crippen molar-refractivity contribution in [1.82, 2.24) is 0 Å². The molecule has 0 amide bonds. The standard InChI is InChI=1S/C21H34O2/c1-20-10-8-16(22)12-14(20)4-6-17-18-7-5-15(13-23-3)21(18,2)11-9-19(17)20/h13-14,16-19,22H,4-12H2,1-3H3/t14?,16?,17-,18-,19+,20-,21+/m0/s1. The van der Waals surface area contributed by atoms with Gasteiger partial charge in [-0.2, -0.15) is 0 Å². The van der Waals surface area contributed by atoms with Crippen molar-refractivity contribution in [2.24, 2.45) is 34.5 Å². The Morgan fingerprint density at radius 2 is 1.87 bits per heavy atom. The Balaban J connectivity index is 1.62. The predicted molar refractivity (Wildman–Crippen MR) is 92.8 cm³/mol. The highest BCUT2D eigenvalue weighted by Gasteiger charge is 2.58. The fourth-order valence-electron chi connectivity index (χ4n) is 7.42. The van der Waals surface area contributed by atoms with Gasteiger partial charge in [-0.05, 0) is 97.9 Å². The molecule has 0 aromatic heterocycles. The van der Waals surface area contributed by atoms with Crippen molar-refractivity contribution in [1.29, 1.82) is 0 Å². The molecule has 4 aliphatic carbocycles. The summed E-state index contributed by atoms with van der Waals surface area (Å²) in [5.41, 5.74) is 2.47. The van der Waals surface area contributed by atoms with Crippen LogP contribution in [0.3, 0.4) is 0 Å². The first-order valence-electron chi connectivity index (χ1n) is 9.89. The summed E-state index contributed by atoms with van der Waals surface area (Å²) < 4.78 is 5.40. The molecule has 4 saturated carbocycles. The second-order valence-electron chi connectivity index (χ2n) is 9.46. The second kappa shape index (κ2) is 5.51. The topological polar surface area (TPSA) is 29.5 Å². The number of aliphatic hydroxyl groups excluding tert-OH is 1. The summed E-state index contributed by atoms with van der Waals surface area (Å²) >= 11 is 0. The molecule has 7 atom stereocenters. The van der Waals surface area contributed by atoms with Gasteiger partial charge in [-0.3, -0.25) is 0 Å². The highest BCUT2D eigenvalue weighted by molar-refractivity contribution is 5.22. The number of aliphatic hydroxyl groups is 1. The van der Waals surface area contributed by atoms with Crippen molar-refractivity contribution < 1.29 is 9.84 Å². The summed E-state index contributed by atoms with van der Waals surface area (Å²) in [5.74, 6) is 3.45. The number of methoxy groups -OCH3 is 1. The van der Waals surface area contributed by atoms with Crippen molar-refractivity contribution in [3.8, 4) is 0 Å².